The molecule has 0 aromatic rings. The van der Waals surface area contributed by atoms with E-state index in [2.05, 4.69) is 5.32 Å². The van der Waals surface area contributed by atoms with Gasteiger partial charge >= 0.3 is 6.03 Å². The molecule has 0 saturated carbocycles. The Kier molecular flexibility index (Phi) is 9.91. The van der Waals surface area contributed by atoms with Gasteiger partial charge in [0.25, 0.3) is 0 Å². The number of nitrogens with zero attached hydrogens (tertiary/aromatic N) is 1. The lowest BCUT2D eigenvalue weighted by atomic mass is 10.2. The molecular weight excluding hydrogens is 260 g/mol. The summed E-state index contributed by atoms with van der Waals surface area (Å²) in [5, 5.41) is 2.98. The highest BCUT2D eigenvalue weighted by Crippen LogP contribution is 2.04. The summed E-state index contributed by atoms with van der Waals surface area (Å²) in [5.74, 6) is -0.0955. The SMILES string of the molecule is CCOC(OCC)[SiH2]CNC(=O)N(C(C)C)C(C)C. The molecule has 114 valence electrons. The van der Waals surface area contributed by atoms with Crippen LogP contribution in [-0.2, 0) is 9.47 Å². The van der Waals surface area contributed by atoms with E-state index in [0.717, 1.165) is 0 Å². The van der Waals surface area contributed by atoms with Gasteiger partial charge in [0, 0.05) is 31.5 Å². The third kappa shape index (κ3) is 7.54. The molecule has 0 atom stereocenters. The largest absolute Gasteiger partial charge is 0.357 e. The van der Waals surface area contributed by atoms with E-state index >= 15 is 0 Å². The highest BCUT2D eigenvalue weighted by Gasteiger charge is 2.20. The fraction of sp³-hybridized carbons (Fsp3) is 0.923. The van der Waals surface area contributed by atoms with Crippen LogP contribution in [0.2, 0.25) is 0 Å². The van der Waals surface area contributed by atoms with Gasteiger partial charge in [0.05, 0.1) is 0 Å². The van der Waals surface area contributed by atoms with Crippen molar-refractivity contribution in [1.82, 2.24) is 10.2 Å². The molecule has 6 heteroatoms. The number of urea groups is 1. The first-order valence-corrected chi connectivity index (χ1v) is 9.04. The summed E-state index contributed by atoms with van der Waals surface area (Å²) in [5.41, 5.74) is 0. The van der Waals surface area contributed by atoms with E-state index in [0.29, 0.717) is 19.4 Å². The van der Waals surface area contributed by atoms with Crippen molar-refractivity contribution in [3.05, 3.63) is 0 Å². The molecule has 0 aliphatic carbocycles. The number of carbonyl (C=O) groups is 1. The van der Waals surface area contributed by atoms with Crippen LogP contribution in [0.3, 0.4) is 0 Å². The van der Waals surface area contributed by atoms with E-state index in [1.54, 1.807) is 0 Å². The van der Waals surface area contributed by atoms with Crippen LogP contribution >= 0.6 is 0 Å². The van der Waals surface area contributed by atoms with Gasteiger partial charge in [-0.1, -0.05) is 0 Å². The summed E-state index contributed by atoms with van der Waals surface area (Å²) in [6.45, 7) is 13.3. The lowest BCUT2D eigenvalue weighted by molar-refractivity contribution is -0.0827. The maximum atomic E-state index is 12.1. The Morgan fingerprint density at radius 1 is 1.11 bits per heavy atom. The van der Waals surface area contributed by atoms with Crippen molar-refractivity contribution in [3.63, 3.8) is 0 Å². The summed E-state index contributed by atoms with van der Waals surface area (Å²) in [6, 6.07) is 0.414. The van der Waals surface area contributed by atoms with E-state index in [1.165, 1.54) is 0 Å². The van der Waals surface area contributed by atoms with Crippen molar-refractivity contribution >= 4 is 15.6 Å². The van der Waals surface area contributed by atoms with Crippen molar-refractivity contribution in [2.45, 2.75) is 59.5 Å². The minimum atomic E-state index is -0.624. The zero-order chi connectivity index (χ0) is 14.8. The lowest BCUT2D eigenvalue weighted by Gasteiger charge is -2.31. The number of amides is 2. The van der Waals surface area contributed by atoms with Gasteiger partial charge in [0.2, 0.25) is 0 Å². The first kappa shape index (κ1) is 18.4. The highest BCUT2D eigenvalue weighted by molar-refractivity contribution is 6.37. The van der Waals surface area contributed by atoms with Crippen LogP contribution in [0.4, 0.5) is 4.79 Å². The molecule has 19 heavy (non-hydrogen) atoms. The Morgan fingerprint density at radius 3 is 1.95 bits per heavy atom. The second kappa shape index (κ2) is 10.2. The fourth-order valence-corrected chi connectivity index (χ4v) is 3.44. The van der Waals surface area contributed by atoms with Gasteiger partial charge < -0.3 is 19.7 Å². The number of nitrogens with one attached hydrogen (secondary N) is 1. The smallest absolute Gasteiger partial charge is 0.317 e. The van der Waals surface area contributed by atoms with E-state index in [4.69, 9.17) is 9.47 Å². The molecule has 2 amide bonds. The van der Waals surface area contributed by atoms with Gasteiger partial charge in [-0.3, -0.25) is 0 Å². The van der Waals surface area contributed by atoms with Crippen LogP contribution in [0, 0.1) is 0 Å². The van der Waals surface area contributed by atoms with E-state index < -0.39 is 9.52 Å². The number of hydrogen-bond donors (Lipinski definition) is 1. The zero-order valence-corrected chi connectivity index (χ0v) is 14.6. The minimum absolute atomic E-state index is 0.00393. The molecule has 1 N–H and O–H groups in total. The van der Waals surface area contributed by atoms with Gasteiger partial charge in [-0.05, 0) is 41.5 Å². The van der Waals surface area contributed by atoms with Crippen molar-refractivity contribution in [2.24, 2.45) is 0 Å². The molecular formula is C13H30N2O3Si. The van der Waals surface area contributed by atoms with Crippen LogP contribution in [0.25, 0.3) is 0 Å². The Hall–Kier alpha value is -0.593. The van der Waals surface area contributed by atoms with E-state index in [9.17, 15) is 4.79 Å². The molecule has 0 spiro atoms. The van der Waals surface area contributed by atoms with Crippen LogP contribution in [0.1, 0.15) is 41.5 Å². The van der Waals surface area contributed by atoms with Gasteiger partial charge in [-0.15, -0.1) is 0 Å². The maximum Gasteiger partial charge on any atom is 0.317 e. The molecule has 0 aliphatic rings. The number of rotatable bonds is 9. The van der Waals surface area contributed by atoms with Gasteiger partial charge in [-0.2, -0.15) is 0 Å². The molecule has 0 aromatic carbocycles. The molecule has 0 saturated heterocycles. The summed E-state index contributed by atoms with van der Waals surface area (Å²) >= 11 is 0. The topological polar surface area (TPSA) is 50.8 Å². The zero-order valence-electron chi connectivity index (χ0n) is 13.2. The van der Waals surface area contributed by atoms with Gasteiger partial charge in [0.1, 0.15) is 15.4 Å². The Balaban J connectivity index is 4.12. The lowest BCUT2D eigenvalue weighted by Crippen LogP contribution is -2.49. The molecule has 5 nitrogen and oxygen atoms in total. The van der Waals surface area contributed by atoms with Crippen molar-refractivity contribution in [1.29, 1.82) is 0 Å². The molecule has 0 rings (SSSR count). The fourth-order valence-electron chi connectivity index (χ4n) is 2.04. The van der Waals surface area contributed by atoms with Crippen LogP contribution in [-0.4, -0.2) is 57.8 Å². The maximum absolute atomic E-state index is 12.1. The molecule has 0 heterocycles. The Bertz CT molecular complexity index is 236. The Morgan fingerprint density at radius 2 is 1.58 bits per heavy atom. The second-order valence-corrected chi connectivity index (χ2v) is 6.70. The number of ether oxygens (including phenoxy) is 2. The first-order chi connectivity index (χ1) is 8.93. The summed E-state index contributed by atoms with van der Waals surface area (Å²) < 4.78 is 11.0. The third-order valence-corrected chi connectivity index (χ3v) is 4.19. The predicted molar refractivity (Wildman–Crippen MR) is 81.1 cm³/mol. The summed E-state index contributed by atoms with van der Waals surface area (Å²) in [7, 11) is -0.624. The standard InChI is InChI=1S/C13H30N2O3Si/c1-7-17-13(18-8-2)19-9-14-12(16)15(10(3)4)11(5)6/h10-11,13H,7-9,19H2,1-6H3,(H,14,16). The summed E-state index contributed by atoms with van der Waals surface area (Å²) in [4.78, 5) is 13.9. The van der Waals surface area contributed by atoms with Crippen LogP contribution in [0.5, 0.6) is 0 Å². The molecule has 0 aliphatic heterocycles. The van der Waals surface area contributed by atoms with Gasteiger partial charge in [-0.25, -0.2) is 4.79 Å². The average molecular weight is 290 g/mol. The first-order valence-electron chi connectivity index (χ1n) is 7.23. The minimum Gasteiger partial charge on any atom is -0.357 e. The highest BCUT2D eigenvalue weighted by atomic mass is 28.2. The number of carbonyl (C=O) groups excluding carboxylic acids is 1. The molecule has 0 bridgehead atoms. The van der Waals surface area contributed by atoms with Crippen molar-refractivity contribution in [2.75, 3.05) is 19.4 Å². The monoisotopic (exact) mass is 290 g/mol. The second-order valence-electron chi connectivity index (χ2n) is 4.96. The summed E-state index contributed by atoms with van der Waals surface area (Å²) in [6.07, 6.45) is 0.694. The van der Waals surface area contributed by atoms with E-state index in [1.807, 2.05) is 46.4 Å². The molecule has 0 fully saturated rings. The van der Waals surface area contributed by atoms with Gasteiger partial charge in [0.15, 0.2) is 0 Å². The Labute approximate surface area is 119 Å². The quantitative estimate of drug-likeness (QED) is 0.514. The van der Waals surface area contributed by atoms with Crippen molar-refractivity contribution in [3.8, 4) is 0 Å². The van der Waals surface area contributed by atoms with Crippen molar-refractivity contribution < 1.29 is 14.3 Å². The number of hydrogen-bond acceptors (Lipinski definition) is 3. The molecule has 0 aromatic heterocycles. The third-order valence-electron chi connectivity index (χ3n) is 2.71. The normalized spacial score (nSPS) is 12.1. The molecule has 0 radical (unpaired) electrons. The van der Waals surface area contributed by atoms with E-state index in [-0.39, 0.29) is 24.0 Å². The van der Waals surface area contributed by atoms with Crippen LogP contribution in [0.15, 0.2) is 0 Å². The molecule has 0 unspecified atom stereocenters. The predicted octanol–water partition coefficient (Wildman–Crippen LogP) is 1.30. The van der Waals surface area contributed by atoms with Crippen LogP contribution < -0.4 is 5.32 Å². The average Bonchev–Trinajstić information content (AvgIpc) is 2.28.